The normalized spacial score (nSPS) is 13.0. The van der Waals surface area contributed by atoms with Crippen molar-refractivity contribution in [3.8, 4) is 5.75 Å². The van der Waals surface area contributed by atoms with Crippen LogP contribution in [0.5, 0.6) is 5.75 Å². The summed E-state index contributed by atoms with van der Waals surface area (Å²) < 4.78 is 10.2. The Labute approximate surface area is 129 Å². The van der Waals surface area contributed by atoms with Crippen molar-refractivity contribution in [1.82, 2.24) is 5.32 Å². The van der Waals surface area contributed by atoms with Gasteiger partial charge in [-0.2, -0.15) is 0 Å². The van der Waals surface area contributed by atoms with Gasteiger partial charge in [-0.05, 0) is 24.6 Å². The summed E-state index contributed by atoms with van der Waals surface area (Å²) in [5, 5.41) is 12.8. The number of alkyl carbamates (subject to hydrolysis) is 1. The van der Waals surface area contributed by atoms with Crippen LogP contribution in [0.2, 0.25) is 0 Å². The SMILES string of the molecule is COc1ccc(C(C)(O)NC(=O)OCc2ccccc2)cc1. The highest BCUT2D eigenvalue weighted by atomic mass is 16.6. The lowest BCUT2D eigenvalue weighted by atomic mass is 10.1. The van der Waals surface area contributed by atoms with E-state index in [4.69, 9.17) is 9.47 Å². The Bertz CT molecular complexity index is 608. The summed E-state index contributed by atoms with van der Waals surface area (Å²) >= 11 is 0. The van der Waals surface area contributed by atoms with Crippen LogP contribution in [0.4, 0.5) is 4.79 Å². The zero-order valence-corrected chi connectivity index (χ0v) is 12.6. The highest BCUT2D eigenvalue weighted by Crippen LogP contribution is 2.21. The summed E-state index contributed by atoms with van der Waals surface area (Å²) in [4.78, 5) is 11.8. The summed E-state index contributed by atoms with van der Waals surface area (Å²) in [6.45, 7) is 1.63. The number of carbonyl (C=O) groups is 1. The van der Waals surface area contributed by atoms with E-state index in [0.29, 0.717) is 11.3 Å². The number of amides is 1. The molecule has 116 valence electrons. The molecule has 22 heavy (non-hydrogen) atoms. The molecule has 0 saturated heterocycles. The van der Waals surface area contributed by atoms with Gasteiger partial charge in [0.05, 0.1) is 7.11 Å². The van der Waals surface area contributed by atoms with E-state index in [0.717, 1.165) is 5.56 Å². The second-order valence-corrected chi connectivity index (χ2v) is 4.99. The van der Waals surface area contributed by atoms with E-state index in [-0.39, 0.29) is 6.61 Å². The monoisotopic (exact) mass is 301 g/mol. The molecule has 1 amide bonds. The lowest BCUT2D eigenvalue weighted by Gasteiger charge is -2.25. The predicted octanol–water partition coefficient (Wildman–Crippen LogP) is 2.79. The molecule has 1 atom stereocenters. The molecule has 2 aromatic rings. The number of methoxy groups -OCH3 is 1. The van der Waals surface area contributed by atoms with Crippen molar-refractivity contribution in [1.29, 1.82) is 0 Å². The molecule has 0 fully saturated rings. The molecule has 5 heteroatoms. The Morgan fingerprint density at radius 3 is 2.36 bits per heavy atom. The first-order valence-electron chi connectivity index (χ1n) is 6.87. The molecule has 5 nitrogen and oxygen atoms in total. The van der Waals surface area contributed by atoms with Crippen LogP contribution in [0.15, 0.2) is 54.6 Å². The minimum atomic E-state index is -1.53. The topological polar surface area (TPSA) is 67.8 Å². The molecule has 0 spiro atoms. The van der Waals surface area contributed by atoms with Crippen molar-refractivity contribution in [3.63, 3.8) is 0 Å². The molecule has 0 saturated carbocycles. The Balaban J connectivity index is 1.93. The van der Waals surface area contributed by atoms with Crippen LogP contribution in [0.25, 0.3) is 0 Å². The second-order valence-electron chi connectivity index (χ2n) is 4.99. The summed E-state index contributed by atoms with van der Waals surface area (Å²) in [6, 6.07) is 16.1. The van der Waals surface area contributed by atoms with Crippen LogP contribution >= 0.6 is 0 Å². The number of ether oxygens (including phenoxy) is 2. The minimum absolute atomic E-state index is 0.144. The van der Waals surface area contributed by atoms with Gasteiger partial charge in [-0.25, -0.2) is 4.79 Å². The van der Waals surface area contributed by atoms with Crippen molar-refractivity contribution in [3.05, 3.63) is 65.7 Å². The largest absolute Gasteiger partial charge is 0.497 e. The molecule has 2 aromatic carbocycles. The molecule has 0 aliphatic carbocycles. The van der Waals surface area contributed by atoms with Crippen LogP contribution < -0.4 is 10.1 Å². The highest BCUT2D eigenvalue weighted by Gasteiger charge is 2.26. The van der Waals surface area contributed by atoms with Crippen molar-refractivity contribution < 1.29 is 19.4 Å². The number of hydrogen-bond donors (Lipinski definition) is 2. The number of rotatable bonds is 5. The summed E-state index contributed by atoms with van der Waals surface area (Å²) in [6.07, 6.45) is -0.690. The van der Waals surface area contributed by atoms with Crippen molar-refractivity contribution in [2.75, 3.05) is 7.11 Å². The fraction of sp³-hybridized carbons (Fsp3) is 0.235. The molecular weight excluding hydrogens is 282 g/mol. The molecular formula is C17H19NO4. The quantitative estimate of drug-likeness (QED) is 0.833. The Morgan fingerprint density at radius 2 is 1.77 bits per heavy atom. The maximum Gasteiger partial charge on any atom is 0.409 e. The lowest BCUT2D eigenvalue weighted by Crippen LogP contribution is -2.43. The second kappa shape index (κ2) is 6.95. The lowest BCUT2D eigenvalue weighted by molar-refractivity contribution is 0.0149. The predicted molar refractivity (Wildman–Crippen MR) is 82.3 cm³/mol. The number of hydrogen-bond acceptors (Lipinski definition) is 4. The maximum atomic E-state index is 11.8. The van der Waals surface area contributed by atoms with Gasteiger partial charge in [-0.3, -0.25) is 5.32 Å². The number of carbonyl (C=O) groups excluding carboxylic acids is 1. The fourth-order valence-electron chi connectivity index (χ4n) is 1.95. The Hall–Kier alpha value is -2.53. The molecule has 2 N–H and O–H groups in total. The number of nitrogens with one attached hydrogen (secondary N) is 1. The van der Waals surface area contributed by atoms with E-state index in [9.17, 15) is 9.90 Å². The van der Waals surface area contributed by atoms with Gasteiger partial charge >= 0.3 is 6.09 Å². The molecule has 0 heterocycles. The zero-order chi connectivity index (χ0) is 16.0. The molecule has 0 radical (unpaired) electrons. The van der Waals surface area contributed by atoms with Gasteiger partial charge in [-0.15, -0.1) is 0 Å². The van der Waals surface area contributed by atoms with Gasteiger partial charge in [0.2, 0.25) is 0 Å². The van der Waals surface area contributed by atoms with E-state index in [1.807, 2.05) is 30.3 Å². The van der Waals surface area contributed by atoms with Crippen molar-refractivity contribution >= 4 is 6.09 Å². The fourth-order valence-corrected chi connectivity index (χ4v) is 1.95. The molecule has 0 bridgehead atoms. The summed E-state index contributed by atoms with van der Waals surface area (Å²) in [5.41, 5.74) is -0.119. The van der Waals surface area contributed by atoms with Gasteiger partial charge in [0, 0.05) is 5.56 Å². The van der Waals surface area contributed by atoms with E-state index < -0.39 is 11.8 Å². The van der Waals surface area contributed by atoms with Gasteiger partial charge in [0.25, 0.3) is 0 Å². The van der Waals surface area contributed by atoms with Crippen LogP contribution in [0.3, 0.4) is 0 Å². The third kappa shape index (κ3) is 4.23. The Morgan fingerprint density at radius 1 is 1.14 bits per heavy atom. The first-order valence-corrected chi connectivity index (χ1v) is 6.87. The number of aliphatic hydroxyl groups is 1. The maximum absolute atomic E-state index is 11.8. The minimum Gasteiger partial charge on any atom is -0.497 e. The van der Waals surface area contributed by atoms with Crippen LogP contribution in [0.1, 0.15) is 18.1 Å². The average Bonchev–Trinajstić information content (AvgIpc) is 2.53. The van der Waals surface area contributed by atoms with Gasteiger partial charge < -0.3 is 14.6 Å². The highest BCUT2D eigenvalue weighted by molar-refractivity contribution is 5.68. The van der Waals surface area contributed by atoms with Crippen molar-refractivity contribution in [2.45, 2.75) is 19.3 Å². The molecule has 0 aromatic heterocycles. The van der Waals surface area contributed by atoms with E-state index in [1.165, 1.54) is 6.92 Å². The van der Waals surface area contributed by atoms with Crippen LogP contribution in [0, 0.1) is 0 Å². The van der Waals surface area contributed by atoms with Gasteiger partial charge in [-0.1, -0.05) is 42.5 Å². The first-order chi connectivity index (χ1) is 10.5. The zero-order valence-electron chi connectivity index (χ0n) is 12.6. The van der Waals surface area contributed by atoms with E-state index in [2.05, 4.69) is 5.32 Å². The smallest absolute Gasteiger partial charge is 0.409 e. The number of benzene rings is 2. The summed E-state index contributed by atoms with van der Waals surface area (Å²) in [7, 11) is 1.56. The van der Waals surface area contributed by atoms with E-state index >= 15 is 0 Å². The summed E-state index contributed by atoms with van der Waals surface area (Å²) in [5.74, 6) is 0.672. The standard InChI is InChI=1S/C17H19NO4/c1-17(20,14-8-10-15(21-2)11-9-14)18-16(19)22-12-13-6-4-3-5-7-13/h3-11,20H,12H2,1-2H3,(H,18,19). The first kappa shape index (κ1) is 15.9. The third-order valence-electron chi connectivity index (χ3n) is 3.21. The molecule has 0 aliphatic heterocycles. The molecule has 0 aliphatic rings. The van der Waals surface area contributed by atoms with Crippen LogP contribution in [-0.2, 0) is 17.1 Å². The Kier molecular flexibility index (Phi) is 5.01. The van der Waals surface area contributed by atoms with Gasteiger partial charge in [0.15, 0.2) is 5.72 Å². The average molecular weight is 301 g/mol. The van der Waals surface area contributed by atoms with Gasteiger partial charge in [0.1, 0.15) is 12.4 Å². The molecule has 1 unspecified atom stereocenters. The molecule has 2 rings (SSSR count). The van der Waals surface area contributed by atoms with Crippen LogP contribution in [-0.4, -0.2) is 18.3 Å². The third-order valence-corrected chi connectivity index (χ3v) is 3.21. The van der Waals surface area contributed by atoms with Crippen molar-refractivity contribution in [2.24, 2.45) is 0 Å². The van der Waals surface area contributed by atoms with E-state index in [1.54, 1.807) is 31.4 Å².